The van der Waals surface area contributed by atoms with E-state index in [-0.39, 0.29) is 35.6 Å². The quantitative estimate of drug-likeness (QED) is 0.308. The summed E-state index contributed by atoms with van der Waals surface area (Å²) in [6.07, 6.45) is -7.75. The van der Waals surface area contributed by atoms with Gasteiger partial charge in [0, 0.05) is 18.4 Å². The van der Waals surface area contributed by atoms with Crippen molar-refractivity contribution in [3.63, 3.8) is 0 Å². The highest BCUT2D eigenvalue weighted by atomic mass is 32.2. The van der Waals surface area contributed by atoms with Crippen molar-refractivity contribution in [3.05, 3.63) is 47.9 Å². The minimum absolute atomic E-state index is 0.122. The lowest BCUT2D eigenvalue weighted by molar-refractivity contribution is -0.141. The maximum absolute atomic E-state index is 13.1. The van der Waals surface area contributed by atoms with Crippen molar-refractivity contribution < 1.29 is 38.9 Å². The Balaban J connectivity index is 2.01. The zero-order valence-corrected chi connectivity index (χ0v) is 20.1. The fourth-order valence-corrected chi connectivity index (χ4v) is 3.74. The van der Waals surface area contributed by atoms with E-state index in [2.05, 4.69) is 35.6 Å². The first-order valence-electron chi connectivity index (χ1n) is 10.2. The first-order chi connectivity index (χ1) is 16.9. The number of nitrogens with one attached hydrogen (secondary N) is 2. The summed E-state index contributed by atoms with van der Waals surface area (Å²) in [4.78, 5) is 18.8. The van der Waals surface area contributed by atoms with Gasteiger partial charge in [-0.05, 0) is 38.1 Å². The van der Waals surface area contributed by atoms with Crippen LogP contribution in [0.15, 0.2) is 36.5 Å². The summed E-state index contributed by atoms with van der Waals surface area (Å²) in [5.74, 6) is -0.937. The maximum Gasteiger partial charge on any atom is 0.433 e. The van der Waals surface area contributed by atoms with Crippen LogP contribution >= 0.6 is 0 Å². The van der Waals surface area contributed by atoms with E-state index in [0.29, 0.717) is 6.07 Å². The molecule has 0 aliphatic rings. The number of anilines is 3. The molecule has 0 aliphatic heterocycles. The highest BCUT2D eigenvalue weighted by Crippen LogP contribution is 2.31. The van der Waals surface area contributed by atoms with Crippen LogP contribution < -0.4 is 10.6 Å². The smallest absolute Gasteiger partial charge is 0.351 e. The molecule has 0 saturated carbocycles. The van der Waals surface area contributed by atoms with Gasteiger partial charge in [-0.15, -0.1) is 0 Å². The van der Waals surface area contributed by atoms with E-state index in [1.54, 1.807) is 0 Å². The van der Waals surface area contributed by atoms with Crippen LogP contribution in [-0.4, -0.2) is 51.7 Å². The van der Waals surface area contributed by atoms with E-state index in [4.69, 9.17) is 4.18 Å². The van der Waals surface area contributed by atoms with Gasteiger partial charge in [0.15, 0.2) is 5.82 Å². The van der Waals surface area contributed by atoms with E-state index < -0.39 is 39.5 Å². The van der Waals surface area contributed by atoms with Crippen LogP contribution in [0.2, 0.25) is 0 Å². The van der Waals surface area contributed by atoms with Gasteiger partial charge in [0.2, 0.25) is 11.9 Å². The zero-order chi connectivity index (χ0) is 27.6. The molecule has 3 aromatic rings. The summed E-state index contributed by atoms with van der Waals surface area (Å²) in [6, 6.07) is 4.89. The molecular weight excluding hydrogens is 534 g/mol. The first-order valence-corrected chi connectivity index (χ1v) is 12.0. The minimum atomic E-state index is -4.76. The van der Waals surface area contributed by atoms with Crippen molar-refractivity contribution in [3.8, 4) is 11.5 Å². The molecule has 0 aromatic carbocycles. The molecule has 37 heavy (non-hydrogen) atoms. The van der Waals surface area contributed by atoms with Gasteiger partial charge in [-0.25, -0.2) is 4.98 Å². The zero-order valence-electron chi connectivity index (χ0n) is 19.3. The van der Waals surface area contributed by atoms with Crippen molar-refractivity contribution in [1.82, 2.24) is 24.9 Å². The number of halogens is 6. The topological polar surface area (TPSA) is 132 Å². The molecule has 3 aromatic heterocycles. The third kappa shape index (κ3) is 8.21. The van der Waals surface area contributed by atoms with Crippen molar-refractivity contribution in [2.24, 2.45) is 0 Å². The molecule has 0 fully saturated rings. The highest BCUT2D eigenvalue weighted by Gasteiger charge is 2.33. The Bertz CT molecular complexity index is 1380. The molecule has 3 heterocycles. The predicted octanol–water partition coefficient (Wildman–Crippen LogP) is 4.28. The van der Waals surface area contributed by atoms with Gasteiger partial charge < -0.3 is 10.6 Å². The Hall–Kier alpha value is -3.60. The van der Waals surface area contributed by atoms with Gasteiger partial charge >= 0.3 is 12.4 Å². The van der Waals surface area contributed by atoms with Gasteiger partial charge in [0.25, 0.3) is 10.1 Å². The van der Waals surface area contributed by atoms with Crippen LogP contribution in [0.3, 0.4) is 0 Å². The Morgan fingerprint density at radius 3 is 2.22 bits per heavy atom. The van der Waals surface area contributed by atoms with Crippen LogP contribution in [0.1, 0.15) is 25.2 Å². The Morgan fingerprint density at radius 1 is 0.946 bits per heavy atom. The Morgan fingerprint density at radius 2 is 1.59 bits per heavy atom. The summed E-state index contributed by atoms with van der Waals surface area (Å²) in [5, 5.41) is 5.22. The average Bonchev–Trinajstić information content (AvgIpc) is 2.75. The second-order valence-corrected chi connectivity index (χ2v) is 9.74. The molecule has 200 valence electrons. The van der Waals surface area contributed by atoms with Crippen molar-refractivity contribution in [1.29, 1.82) is 0 Å². The molecular formula is C20H19F6N7O3S. The number of hydrogen-bond acceptors (Lipinski definition) is 10. The molecule has 0 amide bonds. The number of rotatable bonds is 8. The normalized spacial score (nSPS) is 12.9. The van der Waals surface area contributed by atoms with E-state index in [1.165, 1.54) is 26.0 Å². The molecule has 17 heteroatoms. The lowest BCUT2D eigenvalue weighted by Crippen LogP contribution is -2.35. The maximum atomic E-state index is 13.1. The SMILES string of the molecule is CC(C)(CNc1nc(Nc2ccnc(C(F)(F)F)c2)n[14c](-c2cccc(C(F)(F)F)n2)n1)OS(C)(=O)=O. The Labute approximate surface area is 206 Å². The van der Waals surface area contributed by atoms with Crippen LogP contribution in [0.4, 0.5) is 43.9 Å². The van der Waals surface area contributed by atoms with Gasteiger partial charge in [-0.3, -0.25) is 9.17 Å². The number of alkyl halides is 6. The second kappa shape index (κ2) is 10.0. The van der Waals surface area contributed by atoms with Crippen LogP contribution in [0, 0.1) is 0 Å². The van der Waals surface area contributed by atoms with Crippen molar-refractivity contribution in [2.75, 3.05) is 23.4 Å². The lowest BCUT2D eigenvalue weighted by atomic mass is 10.1. The molecule has 0 radical (unpaired) electrons. The van der Waals surface area contributed by atoms with Crippen molar-refractivity contribution in [2.45, 2.75) is 31.8 Å². The summed E-state index contributed by atoms with van der Waals surface area (Å²) in [5.41, 5.74) is -4.15. The highest BCUT2D eigenvalue weighted by molar-refractivity contribution is 7.86. The largest absolute Gasteiger partial charge is 0.433 e. The van der Waals surface area contributed by atoms with Gasteiger partial charge in [-0.2, -0.15) is 49.7 Å². The van der Waals surface area contributed by atoms with Crippen LogP contribution in [0.5, 0.6) is 0 Å². The van der Waals surface area contributed by atoms with Gasteiger partial charge in [0.05, 0.1) is 11.9 Å². The van der Waals surface area contributed by atoms with E-state index in [9.17, 15) is 34.8 Å². The molecule has 3 rings (SSSR count). The molecule has 2 N–H and O–H groups in total. The number of pyridine rings is 2. The fraction of sp³-hybridized carbons (Fsp3) is 0.350. The van der Waals surface area contributed by atoms with Crippen LogP contribution in [0.25, 0.3) is 11.5 Å². The second-order valence-electron chi connectivity index (χ2n) is 8.17. The molecule has 0 saturated heterocycles. The van der Waals surface area contributed by atoms with Crippen molar-refractivity contribution >= 4 is 27.7 Å². The van der Waals surface area contributed by atoms with E-state index >= 15 is 0 Å². The standard InChI is InChI=1S/C20H19F6N7O3S/c1-18(2,36-37(3,34)35)10-28-16-31-15(12-5-4-6-13(30-12)19(21,22)23)32-17(33-16)29-11-7-8-27-14(9-11)20(24,25)26/h4-9H,10H2,1-3H3,(H2,27,28,29,31,32,33)/i15+2. The van der Waals surface area contributed by atoms with Crippen LogP contribution in [-0.2, 0) is 26.7 Å². The molecule has 0 unspecified atom stereocenters. The minimum Gasteiger partial charge on any atom is -0.351 e. The predicted molar refractivity (Wildman–Crippen MR) is 119 cm³/mol. The number of hydrogen-bond donors (Lipinski definition) is 2. The summed E-state index contributed by atoms with van der Waals surface area (Å²) < 4.78 is 106. The molecule has 0 bridgehead atoms. The third-order valence-electron chi connectivity index (χ3n) is 4.26. The van der Waals surface area contributed by atoms with Gasteiger partial charge in [0.1, 0.15) is 17.1 Å². The number of aromatic nitrogens is 5. The summed E-state index contributed by atoms with van der Waals surface area (Å²) in [7, 11) is -3.84. The fourth-order valence-electron chi connectivity index (χ4n) is 2.87. The molecule has 0 atom stereocenters. The molecule has 0 spiro atoms. The summed E-state index contributed by atoms with van der Waals surface area (Å²) >= 11 is 0. The number of nitrogens with zero attached hydrogens (tertiary/aromatic N) is 5. The monoisotopic (exact) mass is 553 g/mol. The molecule has 10 nitrogen and oxygen atoms in total. The van der Waals surface area contributed by atoms with Gasteiger partial charge in [-0.1, -0.05) is 6.07 Å². The first kappa shape index (κ1) is 28.0. The van der Waals surface area contributed by atoms with E-state index in [1.807, 2.05) is 0 Å². The lowest BCUT2D eigenvalue weighted by Gasteiger charge is -2.23. The Kier molecular flexibility index (Phi) is 7.59. The third-order valence-corrected chi connectivity index (χ3v) is 5.01. The molecule has 0 aliphatic carbocycles. The summed E-state index contributed by atoms with van der Waals surface area (Å²) in [6.45, 7) is 2.69. The van der Waals surface area contributed by atoms with E-state index in [0.717, 1.165) is 24.6 Å². The average molecular weight is 553 g/mol.